The SMILES string of the molecule is Cn1cc(Oc2nc3ccccc3cc2C(=N)N)cn1. The highest BCUT2D eigenvalue weighted by Crippen LogP contribution is 2.26. The van der Waals surface area contributed by atoms with E-state index in [-0.39, 0.29) is 5.84 Å². The van der Waals surface area contributed by atoms with E-state index >= 15 is 0 Å². The van der Waals surface area contributed by atoms with Crippen LogP contribution in [-0.2, 0) is 7.05 Å². The third-order valence-corrected chi connectivity index (χ3v) is 2.87. The molecule has 100 valence electrons. The number of nitrogens with two attached hydrogens (primary N) is 1. The van der Waals surface area contributed by atoms with E-state index < -0.39 is 0 Å². The monoisotopic (exact) mass is 267 g/mol. The van der Waals surface area contributed by atoms with Crippen LogP contribution in [0.4, 0.5) is 0 Å². The Hall–Kier alpha value is -2.89. The smallest absolute Gasteiger partial charge is 0.230 e. The van der Waals surface area contributed by atoms with Crippen molar-refractivity contribution in [1.82, 2.24) is 14.8 Å². The Morgan fingerprint density at radius 3 is 2.85 bits per heavy atom. The van der Waals surface area contributed by atoms with Crippen LogP contribution in [0.3, 0.4) is 0 Å². The van der Waals surface area contributed by atoms with Gasteiger partial charge in [-0.15, -0.1) is 0 Å². The minimum atomic E-state index is -0.0813. The van der Waals surface area contributed by atoms with E-state index in [1.54, 1.807) is 30.2 Å². The first-order valence-electron chi connectivity index (χ1n) is 6.04. The van der Waals surface area contributed by atoms with Crippen LogP contribution in [0.2, 0.25) is 0 Å². The van der Waals surface area contributed by atoms with Crippen LogP contribution < -0.4 is 10.5 Å². The molecule has 6 nitrogen and oxygen atoms in total. The van der Waals surface area contributed by atoms with Crippen molar-refractivity contribution in [2.45, 2.75) is 0 Å². The van der Waals surface area contributed by atoms with Crippen molar-refractivity contribution in [3.63, 3.8) is 0 Å². The topological polar surface area (TPSA) is 89.8 Å². The molecule has 0 aliphatic heterocycles. The van der Waals surface area contributed by atoms with Crippen LogP contribution >= 0.6 is 0 Å². The number of nitrogens with one attached hydrogen (secondary N) is 1. The number of nitrogens with zero attached hydrogens (tertiary/aromatic N) is 3. The lowest BCUT2D eigenvalue weighted by molar-refractivity contribution is 0.463. The zero-order chi connectivity index (χ0) is 14.1. The second-order valence-electron chi connectivity index (χ2n) is 4.40. The molecule has 0 bridgehead atoms. The summed E-state index contributed by atoms with van der Waals surface area (Å²) in [6.07, 6.45) is 3.31. The first kappa shape index (κ1) is 12.2. The molecule has 3 rings (SSSR count). The number of nitrogen functional groups attached to an aromatic ring is 1. The molecule has 0 aliphatic carbocycles. The predicted molar refractivity (Wildman–Crippen MR) is 76.0 cm³/mol. The standard InChI is InChI=1S/C14H13N5O/c1-19-8-10(7-17-19)20-14-11(13(15)16)6-9-4-2-3-5-12(9)18-14/h2-8H,1H3,(H3,15,16). The van der Waals surface area contributed by atoms with Crippen LogP contribution in [0.5, 0.6) is 11.6 Å². The highest BCUT2D eigenvalue weighted by Gasteiger charge is 2.12. The van der Waals surface area contributed by atoms with Crippen molar-refractivity contribution in [2.24, 2.45) is 12.8 Å². The molecule has 0 fully saturated rings. The Morgan fingerprint density at radius 2 is 2.15 bits per heavy atom. The van der Waals surface area contributed by atoms with E-state index in [0.29, 0.717) is 17.2 Å². The number of ether oxygens (including phenoxy) is 1. The Kier molecular flexibility index (Phi) is 2.83. The molecule has 0 atom stereocenters. The number of hydrogen-bond donors (Lipinski definition) is 2. The van der Waals surface area contributed by atoms with Gasteiger partial charge >= 0.3 is 0 Å². The maximum absolute atomic E-state index is 7.66. The summed E-state index contributed by atoms with van der Waals surface area (Å²) in [5.41, 5.74) is 6.86. The van der Waals surface area contributed by atoms with Crippen LogP contribution in [0.25, 0.3) is 10.9 Å². The van der Waals surface area contributed by atoms with Crippen LogP contribution in [0.1, 0.15) is 5.56 Å². The molecule has 1 aromatic carbocycles. The quantitative estimate of drug-likeness (QED) is 0.561. The molecular formula is C14H13N5O. The fourth-order valence-electron chi connectivity index (χ4n) is 1.93. The number of pyridine rings is 1. The Morgan fingerprint density at radius 1 is 1.35 bits per heavy atom. The van der Waals surface area contributed by atoms with Gasteiger partial charge in [0.1, 0.15) is 5.84 Å². The third-order valence-electron chi connectivity index (χ3n) is 2.87. The lowest BCUT2D eigenvalue weighted by Crippen LogP contribution is -2.13. The zero-order valence-corrected chi connectivity index (χ0v) is 10.9. The molecule has 0 aliphatic rings. The van der Waals surface area contributed by atoms with Gasteiger partial charge in [-0.25, -0.2) is 4.98 Å². The third kappa shape index (κ3) is 2.18. The second-order valence-corrected chi connectivity index (χ2v) is 4.40. The second kappa shape index (κ2) is 4.65. The Balaban J connectivity index is 2.11. The summed E-state index contributed by atoms with van der Waals surface area (Å²) in [5, 5.41) is 12.6. The number of hydrogen-bond acceptors (Lipinski definition) is 4. The van der Waals surface area contributed by atoms with E-state index in [1.165, 1.54) is 0 Å². The molecule has 0 radical (unpaired) electrons. The lowest BCUT2D eigenvalue weighted by atomic mass is 10.1. The summed E-state index contributed by atoms with van der Waals surface area (Å²) in [7, 11) is 1.80. The normalized spacial score (nSPS) is 10.7. The molecule has 3 aromatic rings. The maximum Gasteiger partial charge on any atom is 0.230 e. The molecule has 0 spiro atoms. The number of para-hydroxylation sites is 1. The Bertz CT molecular complexity index is 793. The van der Waals surface area contributed by atoms with Gasteiger partial charge in [-0.05, 0) is 12.1 Å². The molecular weight excluding hydrogens is 254 g/mol. The summed E-state index contributed by atoms with van der Waals surface area (Å²) in [4.78, 5) is 4.42. The number of fused-ring (bicyclic) bond motifs is 1. The van der Waals surface area contributed by atoms with Crippen molar-refractivity contribution in [3.05, 3.63) is 48.3 Å². The minimum absolute atomic E-state index is 0.0813. The average molecular weight is 267 g/mol. The van der Waals surface area contributed by atoms with Gasteiger partial charge in [0.05, 0.1) is 23.5 Å². The van der Waals surface area contributed by atoms with Crippen LogP contribution in [0, 0.1) is 5.41 Å². The van der Waals surface area contributed by atoms with Crippen molar-refractivity contribution >= 4 is 16.7 Å². The van der Waals surface area contributed by atoms with Gasteiger partial charge in [0, 0.05) is 12.4 Å². The van der Waals surface area contributed by atoms with Crippen molar-refractivity contribution in [1.29, 1.82) is 5.41 Å². The van der Waals surface area contributed by atoms with Gasteiger partial charge in [0.25, 0.3) is 0 Å². The minimum Gasteiger partial charge on any atom is -0.435 e. The fourth-order valence-corrected chi connectivity index (χ4v) is 1.93. The number of benzene rings is 1. The van der Waals surface area contributed by atoms with Gasteiger partial charge in [0.2, 0.25) is 5.88 Å². The number of amidine groups is 1. The largest absolute Gasteiger partial charge is 0.435 e. The van der Waals surface area contributed by atoms with Crippen molar-refractivity contribution in [3.8, 4) is 11.6 Å². The number of rotatable bonds is 3. The molecule has 2 aromatic heterocycles. The highest BCUT2D eigenvalue weighted by atomic mass is 16.5. The molecule has 0 amide bonds. The molecule has 0 saturated carbocycles. The molecule has 2 heterocycles. The molecule has 3 N–H and O–H groups in total. The summed E-state index contributed by atoms with van der Waals surface area (Å²) in [6, 6.07) is 9.42. The van der Waals surface area contributed by atoms with Crippen molar-refractivity contribution < 1.29 is 4.74 Å². The fraction of sp³-hybridized carbons (Fsp3) is 0.0714. The molecule has 0 saturated heterocycles. The van der Waals surface area contributed by atoms with E-state index in [9.17, 15) is 0 Å². The summed E-state index contributed by atoms with van der Waals surface area (Å²) < 4.78 is 7.31. The van der Waals surface area contributed by atoms with E-state index in [1.807, 2.05) is 24.3 Å². The average Bonchev–Trinajstić information content (AvgIpc) is 2.83. The van der Waals surface area contributed by atoms with Gasteiger partial charge in [-0.2, -0.15) is 5.10 Å². The summed E-state index contributed by atoms with van der Waals surface area (Å²) in [5.74, 6) is 0.782. The summed E-state index contributed by atoms with van der Waals surface area (Å²) >= 11 is 0. The van der Waals surface area contributed by atoms with Crippen molar-refractivity contribution in [2.75, 3.05) is 0 Å². The highest BCUT2D eigenvalue weighted by molar-refractivity contribution is 6.00. The Labute approximate surface area is 115 Å². The predicted octanol–water partition coefficient (Wildman–Crippen LogP) is 2.04. The van der Waals surface area contributed by atoms with Gasteiger partial charge < -0.3 is 10.5 Å². The first-order chi connectivity index (χ1) is 9.63. The van der Waals surface area contributed by atoms with Crippen LogP contribution in [0.15, 0.2) is 42.7 Å². The van der Waals surface area contributed by atoms with E-state index in [0.717, 1.165) is 10.9 Å². The van der Waals surface area contributed by atoms with Gasteiger partial charge in [0.15, 0.2) is 5.75 Å². The maximum atomic E-state index is 7.66. The molecule has 0 unspecified atom stereocenters. The summed E-state index contributed by atoms with van der Waals surface area (Å²) in [6.45, 7) is 0. The van der Waals surface area contributed by atoms with E-state index in [4.69, 9.17) is 15.9 Å². The van der Waals surface area contributed by atoms with Gasteiger partial charge in [-0.1, -0.05) is 18.2 Å². The van der Waals surface area contributed by atoms with Crippen LogP contribution in [-0.4, -0.2) is 20.6 Å². The van der Waals surface area contributed by atoms with Gasteiger partial charge in [-0.3, -0.25) is 10.1 Å². The zero-order valence-electron chi connectivity index (χ0n) is 10.9. The number of aryl methyl sites for hydroxylation is 1. The molecule has 20 heavy (non-hydrogen) atoms. The lowest BCUT2D eigenvalue weighted by Gasteiger charge is -2.09. The first-order valence-corrected chi connectivity index (χ1v) is 6.04. The molecule has 6 heteroatoms. The number of aromatic nitrogens is 3. The van der Waals surface area contributed by atoms with E-state index in [2.05, 4.69) is 10.1 Å².